The lowest BCUT2D eigenvalue weighted by Gasteiger charge is -2.46. The standard InChI is InChI=1S/C19H19N3O4/c23-14-6-9-21-16(17(14)26-10-13-4-2-1-3-5-13)18(24)22-15(20-21)11-25-12-19(22)7-8-19/h1-6,9,15,20H,7-8,10-12H2. The molecule has 0 bridgehead atoms. The number of morpholine rings is 1. The maximum atomic E-state index is 13.3. The smallest absolute Gasteiger partial charge is 0.278 e. The van der Waals surface area contributed by atoms with E-state index in [2.05, 4.69) is 5.43 Å². The van der Waals surface area contributed by atoms with Gasteiger partial charge in [0.1, 0.15) is 12.8 Å². The van der Waals surface area contributed by atoms with Gasteiger partial charge >= 0.3 is 0 Å². The van der Waals surface area contributed by atoms with E-state index in [0.717, 1.165) is 18.4 Å². The lowest BCUT2D eigenvalue weighted by Crippen LogP contribution is -2.64. The summed E-state index contributed by atoms with van der Waals surface area (Å²) in [6, 6.07) is 11.0. The number of pyridine rings is 1. The Morgan fingerprint density at radius 2 is 2.00 bits per heavy atom. The summed E-state index contributed by atoms with van der Waals surface area (Å²) in [7, 11) is 0. The van der Waals surface area contributed by atoms with Gasteiger partial charge in [0.2, 0.25) is 5.43 Å². The molecule has 3 aliphatic rings. The highest BCUT2D eigenvalue weighted by Gasteiger charge is 2.57. The first-order chi connectivity index (χ1) is 12.7. The van der Waals surface area contributed by atoms with Crippen molar-refractivity contribution in [2.24, 2.45) is 0 Å². The molecule has 1 unspecified atom stereocenters. The van der Waals surface area contributed by atoms with Gasteiger partial charge in [-0.05, 0) is 18.4 Å². The van der Waals surface area contributed by atoms with Gasteiger partial charge in [0.05, 0.1) is 18.8 Å². The number of hydrogen-bond acceptors (Lipinski definition) is 5. The van der Waals surface area contributed by atoms with Gasteiger partial charge in [-0.2, -0.15) is 0 Å². The molecule has 1 saturated carbocycles. The fraction of sp³-hybridized carbons (Fsp3) is 0.368. The molecule has 1 aromatic carbocycles. The minimum absolute atomic E-state index is 0.0922. The minimum Gasteiger partial charge on any atom is -0.482 e. The third kappa shape index (κ3) is 2.31. The summed E-state index contributed by atoms with van der Waals surface area (Å²) in [5, 5.41) is 0. The third-order valence-electron chi connectivity index (χ3n) is 5.29. The van der Waals surface area contributed by atoms with Gasteiger partial charge in [0, 0.05) is 12.3 Å². The number of benzene rings is 1. The molecule has 3 heterocycles. The van der Waals surface area contributed by atoms with E-state index in [0.29, 0.717) is 13.2 Å². The average molecular weight is 353 g/mol. The van der Waals surface area contributed by atoms with Crippen LogP contribution in [0, 0.1) is 0 Å². The van der Waals surface area contributed by atoms with Crippen molar-refractivity contribution in [2.45, 2.75) is 31.2 Å². The van der Waals surface area contributed by atoms with Crippen molar-refractivity contribution in [3.05, 3.63) is 64.1 Å². The first-order valence-corrected chi connectivity index (χ1v) is 8.78. The van der Waals surface area contributed by atoms with E-state index in [1.165, 1.54) is 6.07 Å². The van der Waals surface area contributed by atoms with E-state index in [4.69, 9.17) is 9.47 Å². The van der Waals surface area contributed by atoms with Gasteiger partial charge in [-0.1, -0.05) is 30.3 Å². The molecule has 2 aromatic rings. The van der Waals surface area contributed by atoms with Crippen LogP contribution in [-0.4, -0.2) is 40.4 Å². The minimum atomic E-state index is -0.293. The number of rotatable bonds is 3. The Balaban J connectivity index is 1.52. The lowest BCUT2D eigenvalue weighted by molar-refractivity contribution is -0.0465. The molecule has 7 heteroatoms. The highest BCUT2D eigenvalue weighted by atomic mass is 16.5. The molecule has 5 rings (SSSR count). The number of fused-ring (bicyclic) bond motifs is 3. The zero-order valence-corrected chi connectivity index (χ0v) is 14.2. The second-order valence-electron chi connectivity index (χ2n) is 7.06. The van der Waals surface area contributed by atoms with Crippen LogP contribution in [0.2, 0.25) is 0 Å². The Hall–Kier alpha value is -2.80. The number of amides is 1. The molecule has 1 aliphatic carbocycles. The maximum absolute atomic E-state index is 13.3. The molecule has 0 radical (unpaired) electrons. The first kappa shape index (κ1) is 15.5. The molecule has 26 heavy (non-hydrogen) atoms. The second-order valence-corrected chi connectivity index (χ2v) is 7.06. The maximum Gasteiger partial charge on any atom is 0.278 e. The number of carbonyl (C=O) groups is 1. The highest BCUT2D eigenvalue weighted by Crippen LogP contribution is 2.46. The number of nitrogens with one attached hydrogen (secondary N) is 1. The van der Waals surface area contributed by atoms with Crippen LogP contribution in [0.3, 0.4) is 0 Å². The van der Waals surface area contributed by atoms with Crippen molar-refractivity contribution < 1.29 is 14.3 Å². The van der Waals surface area contributed by atoms with Crippen molar-refractivity contribution in [3.63, 3.8) is 0 Å². The normalized spacial score (nSPS) is 22.4. The summed E-state index contributed by atoms with van der Waals surface area (Å²) < 4.78 is 13.1. The average Bonchev–Trinajstić information content (AvgIpc) is 3.42. The van der Waals surface area contributed by atoms with Crippen molar-refractivity contribution in [1.29, 1.82) is 0 Å². The first-order valence-electron chi connectivity index (χ1n) is 8.78. The topological polar surface area (TPSA) is 72.8 Å². The molecule has 1 amide bonds. The summed E-state index contributed by atoms with van der Waals surface area (Å²) in [5.41, 5.74) is 3.94. The SMILES string of the molecule is O=C1c2c(OCc3ccccc3)c(=O)ccn2NC2COCC3(CC3)N12. The van der Waals surface area contributed by atoms with Gasteiger partial charge < -0.3 is 19.8 Å². The van der Waals surface area contributed by atoms with E-state index in [9.17, 15) is 9.59 Å². The van der Waals surface area contributed by atoms with Crippen LogP contribution in [0.1, 0.15) is 28.9 Å². The van der Waals surface area contributed by atoms with Crippen LogP contribution in [0.25, 0.3) is 0 Å². The summed E-state index contributed by atoms with van der Waals surface area (Å²) in [4.78, 5) is 27.6. The van der Waals surface area contributed by atoms with Crippen LogP contribution in [-0.2, 0) is 11.3 Å². The molecule has 7 nitrogen and oxygen atoms in total. The van der Waals surface area contributed by atoms with Gasteiger partial charge in [-0.3, -0.25) is 14.3 Å². The molecule has 1 atom stereocenters. The number of aromatic nitrogens is 1. The van der Waals surface area contributed by atoms with Crippen molar-refractivity contribution >= 4 is 5.91 Å². The van der Waals surface area contributed by atoms with E-state index in [-0.39, 0.29) is 41.1 Å². The van der Waals surface area contributed by atoms with E-state index in [1.54, 1.807) is 10.9 Å². The predicted octanol–water partition coefficient (Wildman–Crippen LogP) is 1.32. The Morgan fingerprint density at radius 1 is 1.19 bits per heavy atom. The Morgan fingerprint density at radius 3 is 2.77 bits per heavy atom. The number of carbonyl (C=O) groups excluding carboxylic acids is 1. The van der Waals surface area contributed by atoms with Gasteiger partial charge in [-0.15, -0.1) is 0 Å². The summed E-state index contributed by atoms with van der Waals surface area (Å²) in [6.45, 7) is 1.21. The fourth-order valence-corrected chi connectivity index (χ4v) is 3.79. The Bertz CT molecular complexity index is 920. The van der Waals surface area contributed by atoms with Crippen LogP contribution in [0.4, 0.5) is 0 Å². The Labute approximate surface area is 150 Å². The van der Waals surface area contributed by atoms with Crippen LogP contribution in [0.15, 0.2) is 47.4 Å². The van der Waals surface area contributed by atoms with Gasteiger partial charge in [0.15, 0.2) is 11.4 Å². The van der Waals surface area contributed by atoms with Gasteiger partial charge in [-0.25, -0.2) is 0 Å². The molecule has 1 spiro atoms. The molecule has 1 aromatic heterocycles. The van der Waals surface area contributed by atoms with E-state index < -0.39 is 0 Å². The van der Waals surface area contributed by atoms with Crippen molar-refractivity contribution in [3.8, 4) is 5.75 Å². The Kier molecular flexibility index (Phi) is 3.33. The number of ether oxygens (including phenoxy) is 2. The molecular formula is C19H19N3O4. The van der Waals surface area contributed by atoms with Crippen molar-refractivity contribution in [2.75, 3.05) is 18.6 Å². The lowest BCUT2D eigenvalue weighted by atomic mass is 10.1. The van der Waals surface area contributed by atoms with Gasteiger partial charge in [0.25, 0.3) is 5.91 Å². The number of nitrogens with zero attached hydrogens (tertiary/aromatic N) is 2. The quantitative estimate of drug-likeness (QED) is 0.901. The summed E-state index contributed by atoms with van der Waals surface area (Å²) in [5.74, 6) is -0.0788. The van der Waals surface area contributed by atoms with Crippen LogP contribution >= 0.6 is 0 Å². The highest BCUT2D eigenvalue weighted by molar-refractivity contribution is 5.97. The molecule has 2 aliphatic heterocycles. The number of hydrogen-bond donors (Lipinski definition) is 1. The molecule has 2 fully saturated rings. The largest absolute Gasteiger partial charge is 0.482 e. The zero-order valence-electron chi connectivity index (χ0n) is 14.2. The predicted molar refractivity (Wildman–Crippen MR) is 93.6 cm³/mol. The molecule has 1 N–H and O–H groups in total. The second kappa shape index (κ2) is 5.60. The summed E-state index contributed by atoms with van der Waals surface area (Å²) in [6.07, 6.45) is 3.20. The summed E-state index contributed by atoms with van der Waals surface area (Å²) >= 11 is 0. The fourth-order valence-electron chi connectivity index (χ4n) is 3.79. The van der Waals surface area contributed by atoms with E-state index >= 15 is 0 Å². The van der Waals surface area contributed by atoms with Crippen molar-refractivity contribution in [1.82, 2.24) is 9.58 Å². The van der Waals surface area contributed by atoms with E-state index in [1.807, 2.05) is 35.2 Å². The third-order valence-corrected chi connectivity index (χ3v) is 5.29. The molecule has 134 valence electrons. The zero-order chi connectivity index (χ0) is 17.7. The molecule has 1 saturated heterocycles. The van der Waals surface area contributed by atoms with Crippen LogP contribution < -0.4 is 15.6 Å². The van der Waals surface area contributed by atoms with Crippen LogP contribution in [0.5, 0.6) is 5.75 Å². The molecular weight excluding hydrogens is 334 g/mol. The monoisotopic (exact) mass is 353 g/mol.